The van der Waals surface area contributed by atoms with Crippen LogP contribution in [0.3, 0.4) is 0 Å². The molecule has 6 heteroatoms. The molecule has 0 unspecified atom stereocenters. The molecule has 1 aromatic carbocycles. The van der Waals surface area contributed by atoms with Gasteiger partial charge in [0.25, 0.3) is 0 Å². The van der Waals surface area contributed by atoms with Gasteiger partial charge in [-0.1, -0.05) is 18.2 Å². The van der Waals surface area contributed by atoms with Crippen molar-refractivity contribution in [2.75, 3.05) is 24.6 Å². The molecule has 2 aromatic rings. The molecule has 1 heterocycles. The second-order valence-corrected chi connectivity index (χ2v) is 6.21. The predicted molar refractivity (Wildman–Crippen MR) is 96.7 cm³/mol. The summed E-state index contributed by atoms with van der Waals surface area (Å²) in [6.07, 6.45) is 0.368. The molecule has 2 rings (SSSR count). The van der Waals surface area contributed by atoms with Gasteiger partial charge in [-0.25, -0.2) is 0 Å². The summed E-state index contributed by atoms with van der Waals surface area (Å²) in [5, 5.41) is 4.81. The molecule has 2 amide bonds. The number of amides is 2. The lowest BCUT2D eigenvalue weighted by Gasteiger charge is -2.23. The molecule has 1 N–H and O–H groups in total. The molecule has 0 atom stereocenters. The van der Waals surface area contributed by atoms with E-state index in [0.717, 1.165) is 10.6 Å². The van der Waals surface area contributed by atoms with Crippen LogP contribution < -0.4 is 15.0 Å². The lowest BCUT2D eigenvalue weighted by Crippen LogP contribution is -2.38. The maximum atomic E-state index is 12.0. The number of benzene rings is 1. The minimum Gasteiger partial charge on any atom is -0.492 e. The average molecular weight is 346 g/mol. The van der Waals surface area contributed by atoms with Crippen molar-refractivity contribution < 1.29 is 14.3 Å². The summed E-state index contributed by atoms with van der Waals surface area (Å²) in [6.45, 7) is 4.73. The predicted octanol–water partition coefficient (Wildman–Crippen LogP) is 2.86. The van der Waals surface area contributed by atoms with E-state index in [9.17, 15) is 9.59 Å². The molecule has 0 aliphatic carbocycles. The first kappa shape index (κ1) is 18.0. The van der Waals surface area contributed by atoms with E-state index in [1.165, 1.54) is 6.92 Å². The number of anilines is 1. The van der Waals surface area contributed by atoms with Crippen LogP contribution in [-0.2, 0) is 16.0 Å². The topological polar surface area (TPSA) is 58.6 Å². The van der Waals surface area contributed by atoms with Crippen molar-refractivity contribution >= 4 is 28.8 Å². The van der Waals surface area contributed by atoms with Gasteiger partial charge in [0.2, 0.25) is 11.8 Å². The number of ether oxygens (including phenoxy) is 1. The molecule has 0 spiro atoms. The number of hydrogen-bond donors (Lipinski definition) is 1. The standard InChI is InChI=1S/C18H22N2O3S/c1-3-23-17-9-5-4-8-16(17)20(14(2)21)11-10-19-18(22)13-15-7-6-12-24-15/h4-9,12H,3,10-11,13H2,1-2H3,(H,19,22). The van der Waals surface area contributed by atoms with Gasteiger partial charge in [0.1, 0.15) is 5.75 Å². The Balaban J connectivity index is 1.94. The number of carbonyl (C=O) groups is 2. The highest BCUT2D eigenvalue weighted by molar-refractivity contribution is 7.10. The van der Waals surface area contributed by atoms with E-state index in [-0.39, 0.29) is 11.8 Å². The molecule has 0 bridgehead atoms. The molecule has 5 nitrogen and oxygen atoms in total. The summed E-state index contributed by atoms with van der Waals surface area (Å²) in [7, 11) is 0. The number of hydrogen-bond acceptors (Lipinski definition) is 4. The zero-order valence-corrected chi connectivity index (χ0v) is 14.8. The van der Waals surface area contributed by atoms with Gasteiger partial charge in [-0.15, -0.1) is 11.3 Å². The molecule has 0 fully saturated rings. The minimum absolute atomic E-state index is 0.0426. The van der Waals surface area contributed by atoms with Crippen molar-refractivity contribution in [2.45, 2.75) is 20.3 Å². The summed E-state index contributed by atoms with van der Waals surface area (Å²) in [5.74, 6) is 0.536. The fraction of sp³-hybridized carbons (Fsp3) is 0.333. The normalized spacial score (nSPS) is 10.2. The van der Waals surface area contributed by atoms with Crippen LogP contribution in [0.15, 0.2) is 41.8 Å². The molecule has 24 heavy (non-hydrogen) atoms. The Morgan fingerprint density at radius 1 is 1.21 bits per heavy atom. The second-order valence-electron chi connectivity index (χ2n) is 5.18. The Morgan fingerprint density at radius 2 is 2.00 bits per heavy atom. The van der Waals surface area contributed by atoms with Crippen LogP contribution >= 0.6 is 11.3 Å². The average Bonchev–Trinajstić information content (AvgIpc) is 3.05. The highest BCUT2D eigenvalue weighted by Gasteiger charge is 2.16. The third-order valence-corrected chi connectivity index (χ3v) is 4.28. The Hall–Kier alpha value is -2.34. The Morgan fingerprint density at radius 3 is 2.67 bits per heavy atom. The highest BCUT2D eigenvalue weighted by atomic mass is 32.1. The van der Waals surface area contributed by atoms with Gasteiger partial charge in [-0.05, 0) is 30.5 Å². The van der Waals surface area contributed by atoms with Crippen LogP contribution in [0.4, 0.5) is 5.69 Å². The van der Waals surface area contributed by atoms with E-state index in [4.69, 9.17) is 4.74 Å². The van der Waals surface area contributed by atoms with Crippen molar-refractivity contribution in [3.63, 3.8) is 0 Å². The Kier molecular flexibility index (Phi) is 6.81. The Labute approximate surface area is 146 Å². The molecular formula is C18H22N2O3S. The number of para-hydroxylation sites is 2. The molecule has 1 aromatic heterocycles. The third kappa shape index (κ3) is 5.09. The van der Waals surface area contributed by atoms with E-state index in [1.807, 2.05) is 48.7 Å². The second kappa shape index (κ2) is 9.08. The lowest BCUT2D eigenvalue weighted by atomic mass is 10.2. The largest absolute Gasteiger partial charge is 0.492 e. The van der Waals surface area contributed by atoms with Crippen molar-refractivity contribution in [1.29, 1.82) is 0 Å². The van der Waals surface area contributed by atoms with Gasteiger partial charge >= 0.3 is 0 Å². The number of rotatable bonds is 8. The number of nitrogens with one attached hydrogen (secondary N) is 1. The van der Waals surface area contributed by atoms with Crippen LogP contribution in [0.5, 0.6) is 5.75 Å². The van der Waals surface area contributed by atoms with Crippen LogP contribution in [0, 0.1) is 0 Å². The van der Waals surface area contributed by atoms with Gasteiger partial charge in [0.15, 0.2) is 0 Å². The summed E-state index contributed by atoms with van der Waals surface area (Å²) in [5.41, 5.74) is 0.722. The van der Waals surface area contributed by atoms with Gasteiger partial charge in [-0.2, -0.15) is 0 Å². The molecular weight excluding hydrogens is 324 g/mol. The van der Waals surface area contributed by atoms with E-state index in [1.54, 1.807) is 16.2 Å². The summed E-state index contributed by atoms with van der Waals surface area (Å²) < 4.78 is 5.59. The van der Waals surface area contributed by atoms with Gasteiger partial charge in [-0.3, -0.25) is 9.59 Å². The summed E-state index contributed by atoms with van der Waals surface area (Å²) >= 11 is 1.56. The summed E-state index contributed by atoms with van der Waals surface area (Å²) in [6, 6.07) is 11.3. The molecule has 0 saturated carbocycles. The van der Waals surface area contributed by atoms with Crippen LogP contribution in [-0.4, -0.2) is 31.5 Å². The maximum Gasteiger partial charge on any atom is 0.225 e. The van der Waals surface area contributed by atoms with Crippen LogP contribution in [0.2, 0.25) is 0 Å². The van der Waals surface area contributed by atoms with Crippen molar-refractivity contribution in [3.05, 3.63) is 46.7 Å². The smallest absolute Gasteiger partial charge is 0.225 e. The molecule has 0 radical (unpaired) electrons. The fourth-order valence-corrected chi connectivity index (χ4v) is 3.05. The molecule has 128 valence electrons. The zero-order chi connectivity index (χ0) is 17.4. The lowest BCUT2D eigenvalue weighted by molar-refractivity contribution is -0.120. The monoisotopic (exact) mass is 346 g/mol. The van der Waals surface area contributed by atoms with E-state index >= 15 is 0 Å². The molecule has 0 aliphatic rings. The van der Waals surface area contributed by atoms with Crippen molar-refractivity contribution in [1.82, 2.24) is 5.32 Å². The quantitative estimate of drug-likeness (QED) is 0.799. The number of thiophene rings is 1. The first-order chi connectivity index (χ1) is 11.6. The highest BCUT2D eigenvalue weighted by Crippen LogP contribution is 2.27. The van der Waals surface area contributed by atoms with Crippen LogP contribution in [0.25, 0.3) is 0 Å². The van der Waals surface area contributed by atoms with Gasteiger partial charge in [0.05, 0.1) is 18.7 Å². The fourth-order valence-electron chi connectivity index (χ4n) is 2.35. The van der Waals surface area contributed by atoms with Crippen molar-refractivity contribution in [2.24, 2.45) is 0 Å². The maximum absolute atomic E-state index is 12.0. The first-order valence-electron chi connectivity index (χ1n) is 7.90. The number of carbonyl (C=O) groups excluding carboxylic acids is 2. The van der Waals surface area contributed by atoms with Gasteiger partial charge in [0, 0.05) is 24.9 Å². The van der Waals surface area contributed by atoms with Crippen LogP contribution in [0.1, 0.15) is 18.7 Å². The van der Waals surface area contributed by atoms with Gasteiger partial charge < -0.3 is 15.0 Å². The molecule has 0 saturated heterocycles. The minimum atomic E-state index is -0.0883. The number of nitrogens with zero attached hydrogens (tertiary/aromatic N) is 1. The molecule has 0 aliphatic heterocycles. The summed E-state index contributed by atoms with van der Waals surface area (Å²) in [4.78, 5) is 26.6. The zero-order valence-electron chi connectivity index (χ0n) is 14.0. The SMILES string of the molecule is CCOc1ccccc1N(CCNC(=O)Cc1cccs1)C(C)=O. The van der Waals surface area contributed by atoms with E-state index in [0.29, 0.717) is 31.9 Å². The first-order valence-corrected chi connectivity index (χ1v) is 8.78. The third-order valence-electron chi connectivity index (χ3n) is 3.41. The van der Waals surface area contributed by atoms with E-state index < -0.39 is 0 Å². The Bertz CT molecular complexity index is 671. The van der Waals surface area contributed by atoms with E-state index in [2.05, 4.69) is 5.32 Å². The van der Waals surface area contributed by atoms with Crippen molar-refractivity contribution in [3.8, 4) is 5.75 Å².